The smallest absolute Gasteiger partial charge is 0.0116 e. The van der Waals surface area contributed by atoms with Crippen LogP contribution in [0.4, 0.5) is 0 Å². The molecule has 0 saturated carbocycles. The number of fused-ring (bicyclic) bond motifs is 1. The molecule has 0 bridgehead atoms. The summed E-state index contributed by atoms with van der Waals surface area (Å²) >= 11 is 0. The van der Waals surface area contributed by atoms with E-state index in [1.807, 2.05) is 0 Å². The summed E-state index contributed by atoms with van der Waals surface area (Å²) in [6, 6.07) is 35.0. The second kappa shape index (κ2) is 6.59. The van der Waals surface area contributed by atoms with Crippen LogP contribution in [0.25, 0.3) is 10.8 Å². The van der Waals surface area contributed by atoms with E-state index in [9.17, 15) is 0 Å². The Morgan fingerprint density at radius 2 is 1.08 bits per heavy atom. The molecule has 0 aliphatic carbocycles. The second-order valence-corrected chi connectivity index (χ2v) is 8.12. The van der Waals surface area contributed by atoms with Crippen molar-refractivity contribution in [1.82, 2.24) is 0 Å². The first-order chi connectivity index (χ1) is 11.8. The third kappa shape index (κ3) is 2.75. The van der Waals surface area contributed by atoms with Crippen LogP contribution in [0.5, 0.6) is 0 Å². The topological polar surface area (TPSA) is 0 Å². The van der Waals surface area contributed by atoms with Gasteiger partial charge in [0, 0.05) is 0 Å². The number of rotatable bonds is 3. The third-order valence-electron chi connectivity index (χ3n) is 4.44. The predicted molar refractivity (Wildman–Crippen MR) is 107 cm³/mol. The molecule has 116 valence electrons. The predicted octanol–water partition coefficient (Wildman–Crippen LogP) is 4.91. The molecule has 0 saturated heterocycles. The zero-order valence-electron chi connectivity index (χ0n) is 13.7. The molecular weight excluding hydrogens is 307 g/mol. The molecule has 4 aromatic rings. The van der Waals surface area contributed by atoms with Crippen LogP contribution in [0.3, 0.4) is 0 Å². The summed E-state index contributed by atoms with van der Waals surface area (Å²) in [7, 11) is -0.540. The monoisotopic (exact) mass is 326 g/mol. The second-order valence-electron chi connectivity index (χ2n) is 5.94. The Hall–Kier alpha value is -2.43. The van der Waals surface area contributed by atoms with E-state index in [0.29, 0.717) is 0 Å². The van der Waals surface area contributed by atoms with Gasteiger partial charge >= 0.3 is 0 Å². The normalized spacial score (nSPS) is 11.1. The van der Waals surface area contributed by atoms with Gasteiger partial charge in [-0.25, -0.2) is 0 Å². The highest BCUT2D eigenvalue weighted by Gasteiger charge is 2.18. The lowest BCUT2D eigenvalue weighted by Crippen LogP contribution is -2.22. The molecule has 0 spiro atoms. The van der Waals surface area contributed by atoms with E-state index in [0.717, 1.165) is 0 Å². The summed E-state index contributed by atoms with van der Waals surface area (Å²) in [5.41, 5.74) is 1.40. The fourth-order valence-corrected chi connectivity index (χ4v) is 5.71. The molecule has 0 unspecified atom stereocenters. The highest BCUT2D eigenvalue weighted by molar-refractivity contribution is 7.79. The molecule has 0 N–H and O–H groups in total. The van der Waals surface area contributed by atoms with Crippen molar-refractivity contribution >= 4 is 34.6 Å². The standard InChI is InChI=1S/C23H19P/c1-18-22-15-9-8-10-19(22)16-17-23(18)24(20-11-4-2-5-12-20)21-13-6-3-7-14-21/h2-17H,1H3. The van der Waals surface area contributed by atoms with Crippen molar-refractivity contribution in [3.05, 3.63) is 103 Å². The Kier molecular flexibility index (Phi) is 4.15. The summed E-state index contributed by atoms with van der Waals surface area (Å²) in [4.78, 5) is 0. The van der Waals surface area contributed by atoms with E-state index in [4.69, 9.17) is 0 Å². The van der Waals surface area contributed by atoms with Crippen molar-refractivity contribution in [2.24, 2.45) is 0 Å². The van der Waals surface area contributed by atoms with Crippen molar-refractivity contribution in [2.75, 3.05) is 0 Å². The maximum Gasteiger partial charge on any atom is -0.0116 e. The zero-order valence-corrected chi connectivity index (χ0v) is 14.6. The summed E-state index contributed by atoms with van der Waals surface area (Å²) in [6.07, 6.45) is 0. The van der Waals surface area contributed by atoms with Gasteiger partial charge in [-0.3, -0.25) is 0 Å². The molecule has 24 heavy (non-hydrogen) atoms. The first-order valence-electron chi connectivity index (χ1n) is 8.23. The number of hydrogen-bond donors (Lipinski definition) is 0. The van der Waals surface area contributed by atoms with Gasteiger partial charge in [-0.15, -0.1) is 0 Å². The van der Waals surface area contributed by atoms with Crippen molar-refractivity contribution < 1.29 is 0 Å². The Morgan fingerprint density at radius 3 is 1.71 bits per heavy atom. The van der Waals surface area contributed by atoms with E-state index in [1.165, 1.54) is 32.2 Å². The molecule has 0 radical (unpaired) electrons. The van der Waals surface area contributed by atoms with Crippen LogP contribution in [0.1, 0.15) is 5.56 Å². The molecular formula is C23H19P. The minimum absolute atomic E-state index is 0.540. The van der Waals surface area contributed by atoms with E-state index < -0.39 is 7.92 Å². The molecule has 0 heterocycles. The van der Waals surface area contributed by atoms with Gasteiger partial charge in [0.1, 0.15) is 0 Å². The SMILES string of the molecule is Cc1c(P(c2ccccc2)c2ccccc2)ccc2ccccc12. The van der Waals surface area contributed by atoms with E-state index >= 15 is 0 Å². The number of benzene rings is 4. The fraction of sp³-hybridized carbons (Fsp3) is 0.0435. The van der Waals surface area contributed by atoms with Crippen LogP contribution < -0.4 is 15.9 Å². The molecule has 4 aromatic carbocycles. The Morgan fingerprint density at radius 1 is 0.542 bits per heavy atom. The molecule has 0 amide bonds. The third-order valence-corrected chi connectivity index (χ3v) is 7.03. The lowest BCUT2D eigenvalue weighted by molar-refractivity contribution is 1.57. The average molecular weight is 326 g/mol. The van der Waals surface area contributed by atoms with Gasteiger partial charge in [0.05, 0.1) is 0 Å². The van der Waals surface area contributed by atoms with Crippen LogP contribution in [-0.2, 0) is 0 Å². The quantitative estimate of drug-likeness (QED) is 0.469. The van der Waals surface area contributed by atoms with E-state index in [-0.39, 0.29) is 0 Å². The Labute approximate surface area is 144 Å². The van der Waals surface area contributed by atoms with Crippen LogP contribution in [0.2, 0.25) is 0 Å². The average Bonchev–Trinajstić information content (AvgIpc) is 2.66. The molecule has 0 fully saturated rings. The summed E-state index contributed by atoms with van der Waals surface area (Å²) < 4.78 is 0. The molecule has 0 nitrogen and oxygen atoms in total. The van der Waals surface area contributed by atoms with E-state index in [1.54, 1.807) is 0 Å². The van der Waals surface area contributed by atoms with Crippen LogP contribution in [-0.4, -0.2) is 0 Å². The highest BCUT2D eigenvalue weighted by atomic mass is 31.1. The molecule has 0 aliphatic rings. The lowest BCUT2D eigenvalue weighted by atomic mass is 10.1. The van der Waals surface area contributed by atoms with Gasteiger partial charge in [-0.1, -0.05) is 97.1 Å². The van der Waals surface area contributed by atoms with Crippen LogP contribution in [0, 0.1) is 6.92 Å². The number of hydrogen-bond acceptors (Lipinski definition) is 0. The maximum absolute atomic E-state index is 2.32. The van der Waals surface area contributed by atoms with Crippen molar-refractivity contribution in [3.63, 3.8) is 0 Å². The van der Waals surface area contributed by atoms with Gasteiger partial charge < -0.3 is 0 Å². The summed E-state index contributed by atoms with van der Waals surface area (Å²) in [5, 5.41) is 6.92. The van der Waals surface area contributed by atoms with Gasteiger partial charge in [0.15, 0.2) is 0 Å². The van der Waals surface area contributed by atoms with Gasteiger partial charge in [-0.2, -0.15) is 0 Å². The first-order valence-corrected chi connectivity index (χ1v) is 9.57. The van der Waals surface area contributed by atoms with Gasteiger partial charge in [0.2, 0.25) is 0 Å². The minimum Gasteiger partial charge on any atom is -0.0622 e. The largest absolute Gasteiger partial charge is 0.0622 e. The fourth-order valence-electron chi connectivity index (χ4n) is 3.24. The van der Waals surface area contributed by atoms with Crippen molar-refractivity contribution in [2.45, 2.75) is 6.92 Å². The van der Waals surface area contributed by atoms with Crippen LogP contribution >= 0.6 is 7.92 Å². The molecule has 0 atom stereocenters. The Bertz CT molecular complexity index is 919. The first kappa shape index (κ1) is 15.1. The summed E-state index contributed by atoms with van der Waals surface area (Å²) in [5.74, 6) is 0. The minimum atomic E-state index is -0.540. The molecule has 0 aromatic heterocycles. The number of aryl methyl sites for hydroxylation is 1. The Balaban J connectivity index is 1.96. The highest BCUT2D eigenvalue weighted by Crippen LogP contribution is 2.35. The van der Waals surface area contributed by atoms with Gasteiger partial charge in [-0.05, 0) is 47.1 Å². The van der Waals surface area contributed by atoms with E-state index in [2.05, 4.69) is 104 Å². The van der Waals surface area contributed by atoms with Crippen molar-refractivity contribution in [1.29, 1.82) is 0 Å². The summed E-state index contributed by atoms with van der Waals surface area (Å²) in [6.45, 7) is 2.26. The van der Waals surface area contributed by atoms with Crippen molar-refractivity contribution in [3.8, 4) is 0 Å². The molecule has 0 aliphatic heterocycles. The molecule has 4 rings (SSSR count). The molecule has 1 heteroatoms. The zero-order chi connectivity index (χ0) is 16.4. The van der Waals surface area contributed by atoms with Gasteiger partial charge in [0.25, 0.3) is 0 Å². The lowest BCUT2D eigenvalue weighted by Gasteiger charge is -2.22. The maximum atomic E-state index is 2.32. The van der Waals surface area contributed by atoms with Crippen LogP contribution in [0.15, 0.2) is 97.1 Å².